The molecule has 0 aromatic carbocycles. The third kappa shape index (κ3) is 1.43. The largest absolute Gasteiger partial charge is 0.359 e. The first-order valence-corrected chi connectivity index (χ1v) is 6.54. The Kier molecular flexibility index (Phi) is 2.11. The van der Waals surface area contributed by atoms with E-state index in [0.717, 1.165) is 41.1 Å². The summed E-state index contributed by atoms with van der Waals surface area (Å²) in [5, 5.41) is 4.56. The molecule has 3 heterocycles. The normalized spacial score (nSPS) is 29.5. The third-order valence-corrected chi connectivity index (χ3v) is 4.45. The lowest BCUT2D eigenvalue weighted by molar-refractivity contribution is 0.591. The van der Waals surface area contributed by atoms with E-state index < -0.39 is 0 Å². The molecular weight excluding hydrogens is 226 g/mol. The van der Waals surface area contributed by atoms with Crippen LogP contribution in [0.25, 0.3) is 11.0 Å². The van der Waals surface area contributed by atoms with E-state index in [1.165, 1.54) is 13.1 Å². The lowest BCUT2D eigenvalue weighted by atomic mass is 10.2. The number of nitrogens with zero attached hydrogens (tertiary/aromatic N) is 3. The van der Waals surface area contributed by atoms with Crippen LogP contribution in [-0.2, 0) is 0 Å². The van der Waals surface area contributed by atoms with Crippen molar-refractivity contribution in [2.45, 2.75) is 0 Å². The lowest BCUT2D eigenvalue weighted by Gasteiger charge is -2.19. The molecule has 2 unspecified atom stereocenters. The molecule has 0 radical (unpaired) electrons. The van der Waals surface area contributed by atoms with Gasteiger partial charge in [-0.2, -0.15) is 0 Å². The summed E-state index contributed by atoms with van der Waals surface area (Å²) in [7, 11) is 2.14. The number of hydrogen-bond acceptors (Lipinski definition) is 4. The SMILES string of the molecule is CN(CC1C2CNC[C@@H]21)c1ncnc2[nH]ccc12. The second-order valence-corrected chi connectivity index (χ2v) is 5.47. The summed E-state index contributed by atoms with van der Waals surface area (Å²) >= 11 is 0. The summed E-state index contributed by atoms with van der Waals surface area (Å²) in [6, 6.07) is 2.05. The zero-order valence-electron chi connectivity index (χ0n) is 10.4. The van der Waals surface area contributed by atoms with E-state index in [-0.39, 0.29) is 0 Å². The van der Waals surface area contributed by atoms with Crippen molar-refractivity contribution < 1.29 is 0 Å². The van der Waals surface area contributed by atoms with Gasteiger partial charge in [-0.15, -0.1) is 0 Å². The Morgan fingerprint density at radius 1 is 1.33 bits per heavy atom. The molecule has 94 valence electrons. The summed E-state index contributed by atoms with van der Waals surface area (Å²) < 4.78 is 0. The fourth-order valence-corrected chi connectivity index (χ4v) is 3.38. The molecule has 0 spiro atoms. The van der Waals surface area contributed by atoms with Crippen LogP contribution in [0.1, 0.15) is 0 Å². The van der Waals surface area contributed by atoms with Gasteiger partial charge in [0.1, 0.15) is 17.8 Å². The first-order valence-electron chi connectivity index (χ1n) is 6.54. The van der Waals surface area contributed by atoms with Crippen LogP contribution in [0.5, 0.6) is 0 Å². The van der Waals surface area contributed by atoms with Crippen molar-refractivity contribution in [1.29, 1.82) is 0 Å². The van der Waals surface area contributed by atoms with Gasteiger partial charge in [-0.1, -0.05) is 0 Å². The summed E-state index contributed by atoms with van der Waals surface area (Å²) in [6.45, 7) is 3.51. The van der Waals surface area contributed by atoms with Crippen LogP contribution in [-0.4, -0.2) is 41.6 Å². The Morgan fingerprint density at radius 3 is 3.00 bits per heavy atom. The molecule has 2 fully saturated rings. The van der Waals surface area contributed by atoms with Crippen molar-refractivity contribution >= 4 is 16.9 Å². The van der Waals surface area contributed by atoms with E-state index in [0.29, 0.717) is 0 Å². The quantitative estimate of drug-likeness (QED) is 0.839. The minimum absolute atomic E-state index is 0.847. The average Bonchev–Trinajstić information content (AvgIpc) is 2.82. The second-order valence-electron chi connectivity index (χ2n) is 5.47. The summed E-state index contributed by atoms with van der Waals surface area (Å²) in [4.78, 5) is 14.1. The Balaban J connectivity index is 1.57. The van der Waals surface area contributed by atoms with Gasteiger partial charge in [0.05, 0.1) is 5.39 Å². The zero-order valence-corrected chi connectivity index (χ0v) is 10.4. The Bertz CT molecular complexity index is 568. The molecule has 1 aliphatic carbocycles. The number of H-pyrrole nitrogens is 1. The molecule has 1 saturated heterocycles. The van der Waals surface area contributed by atoms with Crippen molar-refractivity contribution in [2.24, 2.45) is 17.8 Å². The third-order valence-electron chi connectivity index (χ3n) is 4.45. The number of nitrogens with one attached hydrogen (secondary N) is 2. The minimum atomic E-state index is 0.847. The number of anilines is 1. The van der Waals surface area contributed by atoms with Crippen LogP contribution in [0.15, 0.2) is 18.6 Å². The highest BCUT2D eigenvalue weighted by molar-refractivity contribution is 5.87. The molecule has 2 aromatic rings. The predicted octanol–water partition coefficient (Wildman–Crippen LogP) is 0.859. The fourth-order valence-electron chi connectivity index (χ4n) is 3.38. The maximum Gasteiger partial charge on any atom is 0.142 e. The van der Waals surface area contributed by atoms with E-state index in [1.54, 1.807) is 6.33 Å². The lowest BCUT2D eigenvalue weighted by Crippen LogP contribution is -2.26. The molecule has 0 bridgehead atoms. The van der Waals surface area contributed by atoms with Crippen molar-refractivity contribution in [2.75, 3.05) is 31.6 Å². The molecule has 4 rings (SSSR count). The highest BCUT2D eigenvalue weighted by Gasteiger charge is 2.52. The van der Waals surface area contributed by atoms with Gasteiger partial charge in [0.2, 0.25) is 0 Å². The number of aromatic amines is 1. The highest BCUT2D eigenvalue weighted by atomic mass is 15.2. The van der Waals surface area contributed by atoms with Crippen LogP contribution in [0.2, 0.25) is 0 Å². The molecule has 0 amide bonds. The van der Waals surface area contributed by atoms with E-state index in [1.807, 2.05) is 6.20 Å². The molecule has 18 heavy (non-hydrogen) atoms. The van der Waals surface area contributed by atoms with Crippen molar-refractivity contribution in [3.8, 4) is 0 Å². The Morgan fingerprint density at radius 2 is 2.17 bits per heavy atom. The average molecular weight is 243 g/mol. The van der Waals surface area contributed by atoms with Gasteiger partial charge in [-0.3, -0.25) is 0 Å². The number of rotatable bonds is 3. The molecule has 1 aliphatic heterocycles. The van der Waals surface area contributed by atoms with E-state index in [4.69, 9.17) is 0 Å². The van der Waals surface area contributed by atoms with Gasteiger partial charge in [-0.25, -0.2) is 9.97 Å². The zero-order chi connectivity index (χ0) is 12.1. The van der Waals surface area contributed by atoms with E-state index in [2.05, 4.69) is 38.3 Å². The fraction of sp³-hybridized carbons (Fsp3) is 0.538. The topological polar surface area (TPSA) is 56.8 Å². The highest BCUT2D eigenvalue weighted by Crippen LogP contribution is 2.49. The minimum Gasteiger partial charge on any atom is -0.359 e. The summed E-state index contributed by atoms with van der Waals surface area (Å²) in [5.74, 6) is 3.69. The monoisotopic (exact) mass is 243 g/mol. The second kappa shape index (κ2) is 3.68. The molecule has 5 heteroatoms. The standard InChI is InChI=1S/C13H17N5/c1-18(6-11-9-4-14-5-10(9)11)13-8-2-3-15-12(8)16-7-17-13/h2-3,7,9-11,14H,4-6H2,1H3,(H,15,16,17)/t9-,10?,11?/m0/s1. The summed E-state index contributed by atoms with van der Waals surface area (Å²) in [5.41, 5.74) is 0.921. The van der Waals surface area contributed by atoms with Gasteiger partial charge in [0.25, 0.3) is 0 Å². The Labute approximate surface area is 106 Å². The van der Waals surface area contributed by atoms with Crippen molar-refractivity contribution in [3.05, 3.63) is 18.6 Å². The van der Waals surface area contributed by atoms with Crippen LogP contribution >= 0.6 is 0 Å². The smallest absolute Gasteiger partial charge is 0.142 e. The van der Waals surface area contributed by atoms with E-state index in [9.17, 15) is 0 Å². The molecule has 2 aromatic heterocycles. The molecule has 3 atom stereocenters. The van der Waals surface area contributed by atoms with Crippen LogP contribution in [0.4, 0.5) is 5.82 Å². The number of piperidine rings is 1. The Hall–Kier alpha value is -1.62. The maximum absolute atomic E-state index is 4.43. The molecule has 2 aliphatic rings. The predicted molar refractivity (Wildman–Crippen MR) is 70.5 cm³/mol. The van der Waals surface area contributed by atoms with Gasteiger partial charge in [-0.05, 0) is 36.9 Å². The van der Waals surface area contributed by atoms with Crippen LogP contribution < -0.4 is 10.2 Å². The van der Waals surface area contributed by atoms with Crippen LogP contribution in [0, 0.1) is 17.8 Å². The van der Waals surface area contributed by atoms with Gasteiger partial charge >= 0.3 is 0 Å². The molecule has 5 nitrogen and oxygen atoms in total. The van der Waals surface area contributed by atoms with Gasteiger partial charge < -0.3 is 15.2 Å². The first kappa shape index (κ1) is 10.3. The molecular formula is C13H17N5. The number of fused-ring (bicyclic) bond motifs is 2. The number of hydrogen-bond donors (Lipinski definition) is 2. The molecule has 2 N–H and O–H groups in total. The van der Waals surface area contributed by atoms with Crippen molar-refractivity contribution in [3.63, 3.8) is 0 Å². The summed E-state index contributed by atoms with van der Waals surface area (Å²) in [6.07, 6.45) is 3.56. The van der Waals surface area contributed by atoms with Crippen molar-refractivity contribution in [1.82, 2.24) is 20.3 Å². The maximum atomic E-state index is 4.43. The van der Waals surface area contributed by atoms with Crippen LogP contribution in [0.3, 0.4) is 0 Å². The van der Waals surface area contributed by atoms with E-state index >= 15 is 0 Å². The first-order chi connectivity index (χ1) is 8.84. The number of aromatic nitrogens is 3. The van der Waals surface area contributed by atoms with Gasteiger partial charge in [0.15, 0.2) is 0 Å². The van der Waals surface area contributed by atoms with Gasteiger partial charge in [0, 0.05) is 19.8 Å². The molecule has 1 saturated carbocycles.